The fourth-order valence-corrected chi connectivity index (χ4v) is 4.76. The predicted molar refractivity (Wildman–Crippen MR) is 100 cm³/mol. The Morgan fingerprint density at radius 1 is 1.04 bits per heavy atom. The van der Waals surface area contributed by atoms with Crippen LogP contribution in [0.25, 0.3) is 11.0 Å². The summed E-state index contributed by atoms with van der Waals surface area (Å²) in [6.07, 6.45) is 1.35. The van der Waals surface area contributed by atoms with Gasteiger partial charge in [-0.2, -0.15) is 9.97 Å². The fourth-order valence-electron chi connectivity index (χ4n) is 2.69. The first kappa shape index (κ1) is 19.3. The molecule has 3 aromatic rings. The molecule has 10 heteroatoms. The van der Waals surface area contributed by atoms with Gasteiger partial charge in [-0.15, -0.1) is 0 Å². The highest BCUT2D eigenvalue weighted by atomic mass is 32.2. The summed E-state index contributed by atoms with van der Waals surface area (Å²) in [4.78, 5) is 8.11. The molecular weight excluding hydrogens is 390 g/mol. The normalized spacial score (nSPS) is 12.4. The van der Waals surface area contributed by atoms with Crippen LogP contribution in [-0.2, 0) is 26.3 Å². The zero-order valence-corrected chi connectivity index (χ0v) is 16.7. The maximum absolute atomic E-state index is 13.2. The lowest BCUT2D eigenvalue weighted by Gasteiger charge is -2.11. The topological polar surface area (TPSA) is 108 Å². The minimum absolute atomic E-state index is 0.0189. The molecule has 0 aliphatic rings. The van der Waals surface area contributed by atoms with Crippen LogP contribution < -0.4 is 4.74 Å². The molecule has 8 nitrogen and oxygen atoms in total. The molecule has 0 saturated heterocycles. The molecule has 0 bridgehead atoms. The number of benzene rings is 1. The van der Waals surface area contributed by atoms with Crippen molar-refractivity contribution in [3.05, 3.63) is 42.1 Å². The summed E-state index contributed by atoms with van der Waals surface area (Å²) in [5, 5.41) is -0.135. The third-order valence-corrected chi connectivity index (χ3v) is 6.49. The van der Waals surface area contributed by atoms with E-state index in [0.717, 1.165) is 10.2 Å². The van der Waals surface area contributed by atoms with Gasteiger partial charge in [-0.25, -0.2) is 20.8 Å². The first-order chi connectivity index (χ1) is 12.7. The summed E-state index contributed by atoms with van der Waals surface area (Å²) in [6.45, 7) is 3.77. The Balaban J connectivity index is 2.44. The third kappa shape index (κ3) is 3.42. The lowest BCUT2D eigenvalue weighted by molar-refractivity contribution is 0.327. The Hall–Kier alpha value is -2.46. The summed E-state index contributed by atoms with van der Waals surface area (Å²) >= 11 is 0. The fraction of sp³-hybridized carbons (Fsp3) is 0.294. The van der Waals surface area contributed by atoms with Crippen molar-refractivity contribution >= 4 is 30.9 Å². The summed E-state index contributed by atoms with van der Waals surface area (Å²) in [6, 6.07) is 9.52. The summed E-state index contributed by atoms with van der Waals surface area (Å²) in [7, 11) is -7.75. The second kappa shape index (κ2) is 6.93. The number of aromatic nitrogens is 3. The zero-order chi connectivity index (χ0) is 19.8. The van der Waals surface area contributed by atoms with Crippen molar-refractivity contribution in [3.8, 4) is 5.88 Å². The van der Waals surface area contributed by atoms with Gasteiger partial charge < -0.3 is 4.74 Å². The average Bonchev–Trinajstić information content (AvgIpc) is 3.01. The van der Waals surface area contributed by atoms with Crippen molar-refractivity contribution < 1.29 is 21.6 Å². The van der Waals surface area contributed by atoms with Gasteiger partial charge in [0.1, 0.15) is 0 Å². The van der Waals surface area contributed by atoms with Crippen LogP contribution in [0.15, 0.2) is 46.5 Å². The maximum Gasteiger partial charge on any atom is 0.269 e. The smallest absolute Gasteiger partial charge is 0.269 e. The molecule has 0 N–H and O–H groups in total. The Morgan fingerprint density at radius 2 is 1.70 bits per heavy atom. The van der Waals surface area contributed by atoms with Crippen molar-refractivity contribution in [1.29, 1.82) is 0 Å². The second-order valence-electron chi connectivity index (χ2n) is 5.83. The van der Waals surface area contributed by atoms with Gasteiger partial charge in [0.15, 0.2) is 5.65 Å². The standard InChI is InChI=1S/C17H19N3O5S2/c1-4-12-11-14-15(18-17(26(3,21)22)19-16(14)25-5-2)20(12)27(23,24)13-9-7-6-8-10-13/h6-11H,4-5H2,1-3H3. The number of hydrogen-bond acceptors (Lipinski definition) is 7. The van der Waals surface area contributed by atoms with Gasteiger partial charge in [-0.05, 0) is 31.5 Å². The van der Waals surface area contributed by atoms with E-state index in [9.17, 15) is 16.8 Å². The van der Waals surface area contributed by atoms with Crippen LogP contribution in [0.2, 0.25) is 0 Å². The van der Waals surface area contributed by atoms with Crippen LogP contribution in [0.5, 0.6) is 5.88 Å². The van der Waals surface area contributed by atoms with E-state index in [2.05, 4.69) is 9.97 Å². The van der Waals surface area contributed by atoms with E-state index < -0.39 is 25.0 Å². The van der Waals surface area contributed by atoms with E-state index in [1.54, 1.807) is 38.1 Å². The van der Waals surface area contributed by atoms with E-state index in [4.69, 9.17) is 4.74 Å². The van der Waals surface area contributed by atoms with Crippen LogP contribution in [-0.4, -0.2) is 43.6 Å². The SMILES string of the molecule is CCOc1nc(S(C)(=O)=O)nc2c1cc(CC)n2S(=O)(=O)c1ccccc1. The molecule has 2 aromatic heterocycles. The number of nitrogens with zero attached hydrogens (tertiary/aromatic N) is 3. The summed E-state index contributed by atoms with van der Waals surface area (Å²) in [5.74, 6) is 0.0413. The van der Waals surface area contributed by atoms with E-state index >= 15 is 0 Å². The largest absolute Gasteiger partial charge is 0.477 e. The first-order valence-electron chi connectivity index (χ1n) is 8.26. The van der Waals surface area contributed by atoms with E-state index in [-0.39, 0.29) is 23.0 Å². The molecule has 0 aliphatic carbocycles. The van der Waals surface area contributed by atoms with Crippen molar-refractivity contribution in [1.82, 2.24) is 13.9 Å². The summed E-state index contributed by atoms with van der Waals surface area (Å²) in [5.41, 5.74) is 0.435. The van der Waals surface area contributed by atoms with Crippen LogP contribution in [0.1, 0.15) is 19.5 Å². The van der Waals surface area contributed by atoms with Crippen molar-refractivity contribution in [2.24, 2.45) is 0 Å². The highest BCUT2D eigenvalue weighted by molar-refractivity contribution is 7.90. The molecule has 0 radical (unpaired) electrons. The lowest BCUT2D eigenvalue weighted by Crippen LogP contribution is -2.17. The van der Waals surface area contributed by atoms with Gasteiger partial charge in [0.2, 0.25) is 15.7 Å². The minimum Gasteiger partial charge on any atom is -0.477 e. The summed E-state index contributed by atoms with van der Waals surface area (Å²) < 4.78 is 57.0. The van der Waals surface area contributed by atoms with Crippen LogP contribution in [0, 0.1) is 0 Å². The molecule has 2 heterocycles. The third-order valence-electron chi connectivity index (χ3n) is 3.89. The highest BCUT2D eigenvalue weighted by Gasteiger charge is 2.27. The van der Waals surface area contributed by atoms with E-state index in [1.807, 2.05) is 0 Å². The molecule has 27 heavy (non-hydrogen) atoms. The molecule has 0 saturated carbocycles. The molecule has 0 fully saturated rings. The number of aryl methyl sites for hydroxylation is 1. The van der Waals surface area contributed by atoms with Crippen molar-refractivity contribution in [3.63, 3.8) is 0 Å². The number of rotatable bonds is 6. The van der Waals surface area contributed by atoms with Gasteiger partial charge in [0.05, 0.1) is 16.9 Å². The molecule has 0 unspecified atom stereocenters. The monoisotopic (exact) mass is 409 g/mol. The Kier molecular flexibility index (Phi) is 4.96. The Labute approximate surface area is 157 Å². The molecule has 0 aliphatic heterocycles. The minimum atomic E-state index is -3.98. The molecule has 0 atom stereocenters. The van der Waals surface area contributed by atoms with Gasteiger partial charge >= 0.3 is 0 Å². The molecule has 0 spiro atoms. The van der Waals surface area contributed by atoms with Gasteiger partial charge in [-0.1, -0.05) is 25.1 Å². The predicted octanol–water partition coefficient (Wildman–Crippen LogP) is 2.03. The lowest BCUT2D eigenvalue weighted by atomic mass is 10.3. The first-order valence-corrected chi connectivity index (χ1v) is 11.6. The van der Waals surface area contributed by atoms with E-state index in [0.29, 0.717) is 17.5 Å². The van der Waals surface area contributed by atoms with Crippen LogP contribution in [0.3, 0.4) is 0 Å². The number of sulfone groups is 1. The van der Waals surface area contributed by atoms with Gasteiger partial charge in [-0.3, -0.25) is 0 Å². The molecule has 3 rings (SSSR count). The van der Waals surface area contributed by atoms with Gasteiger partial charge in [0.25, 0.3) is 15.2 Å². The van der Waals surface area contributed by atoms with Crippen LogP contribution >= 0.6 is 0 Å². The molecular formula is C17H19N3O5S2. The van der Waals surface area contributed by atoms with Crippen molar-refractivity contribution in [2.45, 2.75) is 30.3 Å². The van der Waals surface area contributed by atoms with Gasteiger partial charge in [0, 0.05) is 11.9 Å². The highest BCUT2D eigenvalue weighted by Crippen LogP contribution is 2.31. The molecule has 0 amide bonds. The maximum atomic E-state index is 13.2. The quantitative estimate of drug-likeness (QED) is 0.573. The van der Waals surface area contributed by atoms with Crippen LogP contribution in [0.4, 0.5) is 0 Å². The number of ether oxygens (including phenoxy) is 1. The number of hydrogen-bond donors (Lipinski definition) is 0. The zero-order valence-electron chi connectivity index (χ0n) is 15.1. The Morgan fingerprint density at radius 3 is 2.26 bits per heavy atom. The number of fused-ring (bicyclic) bond motifs is 1. The van der Waals surface area contributed by atoms with E-state index in [1.165, 1.54) is 12.1 Å². The average molecular weight is 409 g/mol. The molecule has 1 aromatic carbocycles. The second-order valence-corrected chi connectivity index (χ2v) is 9.52. The van der Waals surface area contributed by atoms with Crippen molar-refractivity contribution in [2.75, 3.05) is 12.9 Å². The Bertz CT molecular complexity index is 1200. The molecule has 144 valence electrons.